The first-order valence-corrected chi connectivity index (χ1v) is 5.69. The van der Waals surface area contributed by atoms with Crippen molar-refractivity contribution in [1.82, 2.24) is 10.3 Å². The van der Waals surface area contributed by atoms with Crippen LogP contribution in [-0.4, -0.2) is 10.9 Å². The van der Waals surface area contributed by atoms with Crippen molar-refractivity contribution in [2.75, 3.05) is 0 Å². The molecule has 2 atom stereocenters. The average Bonchev–Trinajstić information content (AvgIpc) is 2.59. The number of rotatable bonds is 2. The van der Waals surface area contributed by atoms with Crippen molar-refractivity contribution >= 4 is 17.2 Å². The lowest BCUT2D eigenvalue weighted by molar-refractivity contribution is -0.145. The Labute approximate surface area is 87.6 Å². The highest BCUT2D eigenvalue weighted by Crippen LogP contribution is 2.44. The summed E-state index contributed by atoms with van der Waals surface area (Å²) >= 11 is 1.63. The van der Waals surface area contributed by atoms with Gasteiger partial charge in [-0.2, -0.15) is 0 Å². The Morgan fingerprint density at radius 1 is 1.71 bits per heavy atom. The predicted octanol–water partition coefficient (Wildman–Crippen LogP) is 2.04. The second-order valence-corrected chi connectivity index (χ2v) is 5.03. The molecule has 1 fully saturated rings. The van der Waals surface area contributed by atoms with Gasteiger partial charge in [-0.1, -0.05) is 6.92 Å². The third-order valence-corrected chi connectivity index (χ3v) is 3.89. The maximum absolute atomic E-state index is 11.4. The van der Waals surface area contributed by atoms with Crippen LogP contribution >= 0.6 is 11.3 Å². The standard InChI is InChI=1S/C10H14N2OS/c1-4-10(3)8(12-9(10)13)7-5-14-6(2)11-7/h5,8H,4H2,1-3H3,(H,12,13). The van der Waals surface area contributed by atoms with Gasteiger partial charge >= 0.3 is 0 Å². The second-order valence-electron chi connectivity index (χ2n) is 3.97. The predicted molar refractivity (Wildman–Crippen MR) is 56.1 cm³/mol. The summed E-state index contributed by atoms with van der Waals surface area (Å²) in [7, 11) is 0. The van der Waals surface area contributed by atoms with Crippen LogP contribution in [0.3, 0.4) is 0 Å². The maximum atomic E-state index is 11.4. The lowest BCUT2D eigenvalue weighted by atomic mass is 9.71. The summed E-state index contributed by atoms with van der Waals surface area (Å²) in [6, 6.07) is 0.116. The number of hydrogen-bond donors (Lipinski definition) is 1. The van der Waals surface area contributed by atoms with E-state index in [-0.39, 0.29) is 17.4 Å². The molecule has 14 heavy (non-hydrogen) atoms. The molecule has 0 saturated carbocycles. The number of carbonyl (C=O) groups is 1. The Bertz CT molecular complexity index is 374. The molecule has 4 heteroatoms. The van der Waals surface area contributed by atoms with E-state index < -0.39 is 0 Å². The van der Waals surface area contributed by atoms with Gasteiger partial charge in [0.2, 0.25) is 5.91 Å². The molecule has 3 nitrogen and oxygen atoms in total. The molecule has 1 aromatic rings. The molecule has 1 aliphatic heterocycles. The van der Waals surface area contributed by atoms with Crippen LogP contribution in [0.25, 0.3) is 0 Å². The smallest absolute Gasteiger partial charge is 0.228 e. The van der Waals surface area contributed by atoms with E-state index in [0.717, 1.165) is 17.1 Å². The van der Waals surface area contributed by atoms with Crippen LogP contribution in [0.15, 0.2) is 5.38 Å². The van der Waals surface area contributed by atoms with E-state index in [0.29, 0.717) is 0 Å². The number of nitrogens with zero attached hydrogens (tertiary/aromatic N) is 1. The number of carbonyl (C=O) groups excluding carboxylic acids is 1. The minimum atomic E-state index is -0.249. The number of aryl methyl sites for hydroxylation is 1. The summed E-state index contributed by atoms with van der Waals surface area (Å²) in [5, 5.41) is 6.01. The Kier molecular flexibility index (Phi) is 2.10. The summed E-state index contributed by atoms with van der Waals surface area (Å²) in [6.45, 7) is 6.04. The molecule has 0 aliphatic carbocycles. The molecular weight excluding hydrogens is 196 g/mol. The van der Waals surface area contributed by atoms with Crippen LogP contribution in [0.1, 0.15) is 37.0 Å². The highest BCUT2D eigenvalue weighted by atomic mass is 32.1. The van der Waals surface area contributed by atoms with Gasteiger partial charge in [-0.05, 0) is 20.3 Å². The molecule has 2 rings (SSSR count). The van der Waals surface area contributed by atoms with E-state index in [4.69, 9.17) is 0 Å². The van der Waals surface area contributed by atoms with Gasteiger partial charge in [0.25, 0.3) is 0 Å². The first-order valence-electron chi connectivity index (χ1n) is 4.81. The Morgan fingerprint density at radius 3 is 2.86 bits per heavy atom. The van der Waals surface area contributed by atoms with Crippen molar-refractivity contribution < 1.29 is 4.79 Å². The van der Waals surface area contributed by atoms with Gasteiger partial charge in [-0.3, -0.25) is 4.79 Å². The fraction of sp³-hybridized carbons (Fsp3) is 0.600. The fourth-order valence-electron chi connectivity index (χ4n) is 1.79. The highest BCUT2D eigenvalue weighted by Gasteiger charge is 2.51. The van der Waals surface area contributed by atoms with Crippen molar-refractivity contribution in [1.29, 1.82) is 0 Å². The second kappa shape index (κ2) is 3.05. The van der Waals surface area contributed by atoms with E-state index in [1.54, 1.807) is 11.3 Å². The molecule has 2 unspecified atom stereocenters. The summed E-state index contributed by atoms with van der Waals surface area (Å²) in [5.74, 6) is 0.149. The highest BCUT2D eigenvalue weighted by molar-refractivity contribution is 7.09. The van der Waals surface area contributed by atoms with Gasteiger partial charge in [-0.15, -0.1) is 11.3 Å². The van der Waals surface area contributed by atoms with Crippen molar-refractivity contribution in [3.8, 4) is 0 Å². The van der Waals surface area contributed by atoms with Crippen molar-refractivity contribution in [3.63, 3.8) is 0 Å². The van der Waals surface area contributed by atoms with E-state index in [1.807, 2.05) is 26.2 Å². The van der Waals surface area contributed by atoms with Crippen molar-refractivity contribution in [3.05, 3.63) is 16.1 Å². The number of amides is 1. The minimum absolute atomic E-state index is 0.116. The van der Waals surface area contributed by atoms with Crippen LogP contribution in [0.4, 0.5) is 0 Å². The van der Waals surface area contributed by atoms with Gasteiger partial charge in [0.05, 0.1) is 22.2 Å². The molecule has 1 aliphatic rings. The number of hydrogen-bond acceptors (Lipinski definition) is 3. The SMILES string of the molecule is CCC1(C)C(=O)NC1c1csc(C)n1. The first kappa shape index (κ1) is 9.65. The zero-order chi connectivity index (χ0) is 10.3. The molecule has 0 radical (unpaired) electrons. The van der Waals surface area contributed by atoms with Gasteiger partial charge in [0.15, 0.2) is 0 Å². The molecule has 0 bridgehead atoms. The van der Waals surface area contributed by atoms with Crippen LogP contribution in [0.5, 0.6) is 0 Å². The average molecular weight is 210 g/mol. The van der Waals surface area contributed by atoms with Crippen LogP contribution < -0.4 is 5.32 Å². The molecule has 0 spiro atoms. The quantitative estimate of drug-likeness (QED) is 0.759. The monoisotopic (exact) mass is 210 g/mol. The largest absolute Gasteiger partial charge is 0.346 e. The van der Waals surface area contributed by atoms with Crippen molar-refractivity contribution in [2.45, 2.75) is 33.2 Å². The molecule has 1 aromatic heterocycles. The maximum Gasteiger partial charge on any atom is 0.228 e. The molecule has 0 aromatic carbocycles. The van der Waals surface area contributed by atoms with E-state index >= 15 is 0 Å². The normalized spacial score (nSPS) is 31.1. The third-order valence-electron chi connectivity index (χ3n) is 3.10. The Balaban J connectivity index is 2.26. The molecule has 2 heterocycles. The minimum Gasteiger partial charge on any atom is -0.346 e. The Hall–Kier alpha value is -0.900. The first-order chi connectivity index (χ1) is 6.58. The van der Waals surface area contributed by atoms with Crippen molar-refractivity contribution in [2.24, 2.45) is 5.41 Å². The van der Waals surface area contributed by atoms with Crippen LogP contribution in [0, 0.1) is 12.3 Å². The summed E-state index contributed by atoms with van der Waals surface area (Å²) in [5.41, 5.74) is 0.761. The van der Waals surface area contributed by atoms with Gasteiger partial charge < -0.3 is 5.32 Å². The third kappa shape index (κ3) is 1.17. The summed E-state index contributed by atoms with van der Waals surface area (Å²) in [6.07, 6.45) is 0.861. The zero-order valence-corrected chi connectivity index (χ0v) is 9.44. The van der Waals surface area contributed by atoms with E-state index in [1.165, 1.54) is 0 Å². The van der Waals surface area contributed by atoms with Crippen LogP contribution in [0.2, 0.25) is 0 Å². The lowest BCUT2D eigenvalue weighted by Gasteiger charge is -2.45. The summed E-state index contributed by atoms with van der Waals surface area (Å²) in [4.78, 5) is 15.9. The zero-order valence-electron chi connectivity index (χ0n) is 8.63. The Morgan fingerprint density at radius 2 is 2.43 bits per heavy atom. The molecule has 1 amide bonds. The van der Waals surface area contributed by atoms with E-state index in [9.17, 15) is 4.79 Å². The number of aromatic nitrogens is 1. The molecule has 1 N–H and O–H groups in total. The molecule has 1 saturated heterocycles. The van der Waals surface area contributed by atoms with Gasteiger partial charge in [0, 0.05) is 5.38 Å². The topological polar surface area (TPSA) is 42.0 Å². The summed E-state index contributed by atoms with van der Waals surface area (Å²) < 4.78 is 0. The molecular formula is C10H14N2OS. The lowest BCUT2D eigenvalue weighted by Crippen LogP contribution is -2.59. The van der Waals surface area contributed by atoms with Gasteiger partial charge in [0.1, 0.15) is 0 Å². The van der Waals surface area contributed by atoms with Gasteiger partial charge in [-0.25, -0.2) is 4.98 Å². The number of β-lactam (4-membered cyclic amide) rings is 1. The van der Waals surface area contributed by atoms with E-state index in [2.05, 4.69) is 10.3 Å². The molecule has 76 valence electrons. The van der Waals surface area contributed by atoms with Crippen LogP contribution in [-0.2, 0) is 4.79 Å². The number of thiazole rings is 1. The number of nitrogens with one attached hydrogen (secondary N) is 1. The fourth-order valence-corrected chi connectivity index (χ4v) is 2.42.